The van der Waals surface area contributed by atoms with Gasteiger partial charge in [-0.25, -0.2) is 4.79 Å². The van der Waals surface area contributed by atoms with E-state index in [1.165, 1.54) is 0 Å². The van der Waals surface area contributed by atoms with Gasteiger partial charge in [0.05, 0.1) is 6.10 Å². The SMILES string of the molecule is C[C@H]([C@H]1OC(=O)C=C[C@@H]1C)[C@H](O[Si](C)(C)C(C)(C)C)[C@@H](C)CO[Si](C)(C)C(C)(C)C. The highest BCUT2D eigenvalue weighted by Crippen LogP contribution is 2.41. The van der Waals surface area contributed by atoms with Gasteiger partial charge in [-0.15, -0.1) is 0 Å². The van der Waals surface area contributed by atoms with Crippen molar-refractivity contribution in [2.45, 2.75) is 111 Å². The van der Waals surface area contributed by atoms with E-state index in [0.717, 1.165) is 0 Å². The van der Waals surface area contributed by atoms with Gasteiger partial charge in [0, 0.05) is 30.4 Å². The molecule has 1 heterocycles. The third-order valence-electron chi connectivity index (χ3n) is 7.65. The Hall–Kier alpha value is -0.436. The summed E-state index contributed by atoms with van der Waals surface area (Å²) in [5.41, 5.74) is 0. The number of ether oxygens (including phenoxy) is 1. The molecule has 1 aliphatic rings. The van der Waals surface area contributed by atoms with Crippen molar-refractivity contribution in [3.05, 3.63) is 12.2 Å². The van der Waals surface area contributed by atoms with Crippen molar-refractivity contribution in [2.24, 2.45) is 17.8 Å². The van der Waals surface area contributed by atoms with E-state index < -0.39 is 16.6 Å². The van der Waals surface area contributed by atoms with Crippen molar-refractivity contribution in [2.75, 3.05) is 6.61 Å². The van der Waals surface area contributed by atoms with Crippen LogP contribution in [-0.4, -0.2) is 41.4 Å². The third-order valence-corrected chi connectivity index (χ3v) is 16.6. The molecule has 176 valence electrons. The molecule has 0 spiro atoms. The van der Waals surface area contributed by atoms with E-state index in [1.807, 2.05) is 6.08 Å². The normalized spacial score (nSPS) is 24.4. The maximum Gasteiger partial charge on any atom is 0.330 e. The molecule has 0 aromatic carbocycles. The minimum Gasteiger partial charge on any atom is -0.458 e. The van der Waals surface area contributed by atoms with E-state index >= 15 is 0 Å². The predicted octanol–water partition coefficient (Wildman–Crippen LogP) is 6.79. The lowest BCUT2D eigenvalue weighted by molar-refractivity contribution is -0.153. The molecule has 4 nitrogen and oxygen atoms in total. The molecule has 0 radical (unpaired) electrons. The monoisotopic (exact) mass is 456 g/mol. The zero-order valence-electron chi connectivity index (χ0n) is 21.9. The Morgan fingerprint density at radius 3 is 1.97 bits per heavy atom. The molecule has 0 aliphatic carbocycles. The Morgan fingerprint density at radius 2 is 1.50 bits per heavy atom. The summed E-state index contributed by atoms with van der Waals surface area (Å²) >= 11 is 0. The Kier molecular flexibility index (Phi) is 8.82. The van der Waals surface area contributed by atoms with Crippen molar-refractivity contribution in [1.82, 2.24) is 0 Å². The van der Waals surface area contributed by atoms with Crippen molar-refractivity contribution < 1.29 is 18.4 Å². The number of cyclic esters (lactones) is 1. The van der Waals surface area contributed by atoms with Gasteiger partial charge in [0.1, 0.15) is 6.10 Å². The molecular formula is C24H48O4Si2. The second kappa shape index (κ2) is 9.59. The minimum atomic E-state index is -2.01. The quantitative estimate of drug-likeness (QED) is 0.298. The lowest BCUT2D eigenvalue weighted by Crippen LogP contribution is -2.52. The predicted molar refractivity (Wildman–Crippen MR) is 132 cm³/mol. The largest absolute Gasteiger partial charge is 0.458 e. The van der Waals surface area contributed by atoms with Crippen LogP contribution in [0.2, 0.25) is 36.3 Å². The third kappa shape index (κ3) is 6.78. The van der Waals surface area contributed by atoms with Crippen molar-refractivity contribution in [3.8, 4) is 0 Å². The molecule has 0 saturated heterocycles. The van der Waals surface area contributed by atoms with E-state index in [9.17, 15) is 4.79 Å². The summed E-state index contributed by atoms with van der Waals surface area (Å²) in [5.74, 6) is 0.221. The summed E-state index contributed by atoms with van der Waals surface area (Å²) in [4.78, 5) is 12.0. The molecule has 6 heteroatoms. The zero-order chi connectivity index (χ0) is 23.7. The van der Waals surface area contributed by atoms with Crippen LogP contribution in [0.15, 0.2) is 12.2 Å². The molecule has 1 aliphatic heterocycles. The fraction of sp³-hybridized carbons (Fsp3) is 0.875. The van der Waals surface area contributed by atoms with Gasteiger partial charge in [-0.3, -0.25) is 0 Å². The van der Waals surface area contributed by atoms with E-state index in [1.54, 1.807) is 6.08 Å². The Labute approximate surface area is 188 Å². The van der Waals surface area contributed by atoms with Gasteiger partial charge < -0.3 is 13.6 Å². The average molecular weight is 457 g/mol. The second-order valence-electron chi connectivity index (χ2n) is 12.4. The summed E-state index contributed by atoms with van der Waals surface area (Å²) < 4.78 is 19.3. The van der Waals surface area contributed by atoms with Crippen LogP contribution in [0.3, 0.4) is 0 Å². The highest BCUT2D eigenvalue weighted by Gasteiger charge is 2.45. The van der Waals surface area contributed by atoms with Gasteiger partial charge in [-0.1, -0.05) is 68.4 Å². The number of hydrogen-bond donors (Lipinski definition) is 0. The van der Waals surface area contributed by atoms with Crippen LogP contribution in [0.5, 0.6) is 0 Å². The molecule has 30 heavy (non-hydrogen) atoms. The van der Waals surface area contributed by atoms with Crippen LogP contribution in [0, 0.1) is 17.8 Å². The second-order valence-corrected chi connectivity index (χ2v) is 21.9. The van der Waals surface area contributed by atoms with E-state index in [2.05, 4.69) is 88.5 Å². The summed E-state index contributed by atoms with van der Waals surface area (Å²) in [7, 11) is -3.86. The number of hydrogen-bond acceptors (Lipinski definition) is 4. The fourth-order valence-corrected chi connectivity index (χ4v) is 5.90. The topological polar surface area (TPSA) is 44.8 Å². The first-order chi connectivity index (χ1) is 13.3. The first-order valence-electron chi connectivity index (χ1n) is 11.5. The van der Waals surface area contributed by atoms with Crippen LogP contribution in [0.1, 0.15) is 62.3 Å². The summed E-state index contributed by atoms with van der Waals surface area (Å²) in [5, 5.41) is 0.284. The lowest BCUT2D eigenvalue weighted by Gasteiger charge is -2.45. The zero-order valence-corrected chi connectivity index (χ0v) is 23.9. The molecule has 0 amide bonds. The fourth-order valence-electron chi connectivity index (χ4n) is 3.30. The number of carbonyl (C=O) groups excluding carboxylic acids is 1. The van der Waals surface area contributed by atoms with Gasteiger partial charge in [0.25, 0.3) is 0 Å². The molecule has 0 aromatic heterocycles. The summed E-state index contributed by atoms with van der Waals surface area (Å²) in [6.07, 6.45) is 3.31. The van der Waals surface area contributed by atoms with Crippen LogP contribution in [0.25, 0.3) is 0 Å². The molecule has 0 fully saturated rings. The van der Waals surface area contributed by atoms with Crippen molar-refractivity contribution >= 4 is 22.6 Å². The highest BCUT2D eigenvalue weighted by molar-refractivity contribution is 6.74. The maximum absolute atomic E-state index is 12.0. The van der Waals surface area contributed by atoms with Crippen molar-refractivity contribution in [1.29, 1.82) is 0 Å². The molecule has 1 rings (SSSR count). The lowest BCUT2D eigenvalue weighted by atomic mass is 9.83. The Morgan fingerprint density at radius 1 is 1.00 bits per heavy atom. The number of rotatable bonds is 8. The van der Waals surface area contributed by atoms with E-state index in [-0.39, 0.29) is 46.0 Å². The molecule has 0 saturated carbocycles. The van der Waals surface area contributed by atoms with Crippen LogP contribution in [-0.2, 0) is 18.4 Å². The summed E-state index contributed by atoms with van der Waals surface area (Å²) in [6.45, 7) is 30.0. The first-order valence-corrected chi connectivity index (χ1v) is 17.3. The van der Waals surface area contributed by atoms with Gasteiger partial charge in [0.2, 0.25) is 0 Å². The minimum absolute atomic E-state index is 0.0255. The first kappa shape index (κ1) is 27.6. The molecule has 5 atom stereocenters. The van der Waals surface area contributed by atoms with Crippen LogP contribution in [0.4, 0.5) is 0 Å². The van der Waals surface area contributed by atoms with Gasteiger partial charge in [0.15, 0.2) is 16.6 Å². The Balaban J connectivity index is 3.14. The highest BCUT2D eigenvalue weighted by atomic mass is 28.4. The van der Waals surface area contributed by atoms with E-state index in [0.29, 0.717) is 6.61 Å². The number of carbonyl (C=O) groups is 1. The molecular weight excluding hydrogens is 408 g/mol. The smallest absolute Gasteiger partial charge is 0.330 e. The van der Waals surface area contributed by atoms with Crippen molar-refractivity contribution in [3.63, 3.8) is 0 Å². The standard InChI is InChI=1S/C24H48O4Si2/c1-17-14-15-20(25)27-21(17)19(3)22(28-30(12,13)24(7,8)9)18(2)16-26-29(10,11)23(4,5)6/h14-15,17-19,21-22H,16H2,1-13H3/t17-,18-,19+,21-,22+/m0/s1. The van der Waals surface area contributed by atoms with Crippen LogP contribution >= 0.6 is 0 Å². The van der Waals surface area contributed by atoms with Crippen LogP contribution < -0.4 is 0 Å². The molecule has 0 bridgehead atoms. The molecule has 0 unspecified atom stereocenters. The molecule has 0 aromatic rings. The molecule has 0 N–H and O–H groups in total. The van der Waals surface area contributed by atoms with Gasteiger partial charge in [-0.05, 0) is 36.3 Å². The maximum atomic E-state index is 12.0. The van der Waals surface area contributed by atoms with Gasteiger partial charge >= 0.3 is 5.97 Å². The average Bonchev–Trinajstić information content (AvgIpc) is 2.57. The Bertz CT molecular complexity index is 614. The van der Waals surface area contributed by atoms with E-state index in [4.69, 9.17) is 13.6 Å². The van der Waals surface area contributed by atoms with Gasteiger partial charge in [-0.2, -0.15) is 0 Å². The summed E-state index contributed by atoms with van der Waals surface area (Å²) in [6, 6.07) is 0. The number of esters is 1.